The minimum Gasteiger partial charge on any atom is -0.230 e. The van der Waals surface area contributed by atoms with E-state index in [2.05, 4.69) is 106 Å². The number of para-hydroxylation sites is 1. The summed E-state index contributed by atoms with van der Waals surface area (Å²) in [5.74, 6) is 2.22. The summed E-state index contributed by atoms with van der Waals surface area (Å²) < 4.78 is 4.70. The lowest BCUT2D eigenvalue weighted by molar-refractivity contribution is -0.603. The van der Waals surface area contributed by atoms with Gasteiger partial charge in [0.25, 0.3) is 5.82 Å². The van der Waals surface area contributed by atoms with Gasteiger partial charge in [-0.2, -0.15) is 4.57 Å². The van der Waals surface area contributed by atoms with E-state index in [0.717, 1.165) is 0 Å². The molecule has 2 aromatic carbocycles. The van der Waals surface area contributed by atoms with E-state index in [-0.39, 0.29) is 0 Å². The number of aromatic nitrogens is 2. The summed E-state index contributed by atoms with van der Waals surface area (Å²) in [5, 5.41) is 0. The number of rotatable bonds is 4. The maximum absolute atomic E-state index is 2.40. The van der Waals surface area contributed by atoms with Gasteiger partial charge in [0.2, 0.25) is 0 Å². The third-order valence-electron chi connectivity index (χ3n) is 5.45. The van der Waals surface area contributed by atoms with Crippen molar-refractivity contribution < 1.29 is 4.57 Å². The Balaban J connectivity index is 2.30. The van der Waals surface area contributed by atoms with Crippen LogP contribution in [0.2, 0.25) is 0 Å². The summed E-state index contributed by atoms with van der Waals surface area (Å²) in [5.41, 5.74) is 8.03. The Labute approximate surface area is 158 Å². The highest BCUT2D eigenvalue weighted by Crippen LogP contribution is 2.30. The van der Waals surface area contributed by atoms with Gasteiger partial charge in [-0.1, -0.05) is 70.2 Å². The van der Waals surface area contributed by atoms with Crippen LogP contribution in [0.1, 0.15) is 62.0 Å². The van der Waals surface area contributed by atoms with Crippen molar-refractivity contribution in [2.24, 2.45) is 7.05 Å². The van der Waals surface area contributed by atoms with Crippen LogP contribution in [0.25, 0.3) is 16.9 Å². The number of hydrogen-bond donors (Lipinski definition) is 0. The van der Waals surface area contributed by atoms with Gasteiger partial charge in [-0.05, 0) is 24.3 Å². The van der Waals surface area contributed by atoms with E-state index in [1.165, 1.54) is 39.5 Å². The van der Waals surface area contributed by atoms with E-state index in [1.54, 1.807) is 0 Å². The molecule has 0 amide bonds. The molecule has 0 saturated heterocycles. The first-order valence-electron chi connectivity index (χ1n) is 9.60. The molecule has 0 atom stereocenters. The molecule has 0 fully saturated rings. The first-order chi connectivity index (χ1) is 12.3. The van der Waals surface area contributed by atoms with Crippen molar-refractivity contribution in [3.63, 3.8) is 0 Å². The van der Waals surface area contributed by atoms with Gasteiger partial charge < -0.3 is 0 Å². The average Bonchev–Trinajstić information content (AvgIpc) is 2.90. The van der Waals surface area contributed by atoms with Crippen LogP contribution < -0.4 is 4.57 Å². The van der Waals surface area contributed by atoms with Crippen LogP contribution in [0.4, 0.5) is 0 Å². The molecule has 1 heterocycles. The Kier molecular flexibility index (Phi) is 5.04. The maximum Gasteiger partial charge on any atom is 0.258 e. The average molecular weight is 348 g/mol. The molecule has 2 nitrogen and oxygen atoms in total. The van der Waals surface area contributed by atoms with Gasteiger partial charge >= 0.3 is 0 Å². The lowest BCUT2D eigenvalue weighted by Gasteiger charge is -2.17. The molecular formula is C24H31N2+. The topological polar surface area (TPSA) is 8.81 Å². The second kappa shape index (κ2) is 7.11. The molecule has 0 aliphatic carbocycles. The van der Waals surface area contributed by atoms with Gasteiger partial charge in [0.15, 0.2) is 5.69 Å². The van der Waals surface area contributed by atoms with Gasteiger partial charge in [0.1, 0.15) is 11.9 Å². The standard InChI is InChI=1S/C24H31N2/c1-16(2)20-13-10-14-21(17(3)4)24(20)26-15-23(25(7)19(26)6)22-12-9-8-11-18(22)5/h8-17H,1-7H3/q+1. The van der Waals surface area contributed by atoms with Gasteiger partial charge in [0.05, 0.1) is 7.05 Å². The number of hydrogen-bond acceptors (Lipinski definition) is 0. The second-order valence-corrected chi connectivity index (χ2v) is 7.90. The van der Waals surface area contributed by atoms with Gasteiger partial charge in [-0.3, -0.25) is 0 Å². The molecule has 0 saturated carbocycles. The molecule has 0 bridgehead atoms. The Morgan fingerprint density at radius 1 is 0.808 bits per heavy atom. The summed E-state index contributed by atoms with van der Waals surface area (Å²) in [4.78, 5) is 0. The van der Waals surface area contributed by atoms with E-state index >= 15 is 0 Å². The highest BCUT2D eigenvalue weighted by molar-refractivity contribution is 5.63. The van der Waals surface area contributed by atoms with Crippen molar-refractivity contribution in [2.45, 2.75) is 53.4 Å². The third-order valence-corrected chi connectivity index (χ3v) is 5.45. The molecule has 0 unspecified atom stereocenters. The van der Waals surface area contributed by atoms with Crippen LogP contribution >= 0.6 is 0 Å². The largest absolute Gasteiger partial charge is 0.258 e. The third kappa shape index (κ3) is 3.09. The quantitative estimate of drug-likeness (QED) is 0.525. The SMILES string of the molecule is Cc1ccccc1-c1c[n+](-c2c(C(C)C)cccc2C(C)C)c(C)n1C. The van der Waals surface area contributed by atoms with Gasteiger partial charge in [0, 0.05) is 23.6 Å². The zero-order chi connectivity index (χ0) is 19.0. The zero-order valence-corrected chi connectivity index (χ0v) is 17.2. The van der Waals surface area contributed by atoms with Crippen LogP contribution in [0.5, 0.6) is 0 Å². The molecule has 0 spiro atoms. The second-order valence-electron chi connectivity index (χ2n) is 7.90. The molecule has 2 heteroatoms. The fraction of sp³-hybridized carbons (Fsp3) is 0.375. The van der Waals surface area contributed by atoms with Gasteiger partial charge in [-0.15, -0.1) is 0 Å². The highest BCUT2D eigenvalue weighted by Gasteiger charge is 2.26. The number of nitrogens with zero attached hydrogens (tertiary/aromatic N) is 2. The number of aryl methyl sites for hydroxylation is 1. The lowest BCUT2D eigenvalue weighted by atomic mass is 9.92. The summed E-state index contributed by atoms with van der Waals surface area (Å²) in [6.45, 7) is 13.5. The minimum atomic E-state index is 0.484. The van der Waals surface area contributed by atoms with E-state index in [4.69, 9.17) is 0 Å². The highest BCUT2D eigenvalue weighted by atomic mass is 15.2. The smallest absolute Gasteiger partial charge is 0.230 e. The molecule has 3 aromatic rings. The summed E-state index contributed by atoms with van der Waals surface area (Å²) in [6, 6.07) is 15.4. The number of benzene rings is 2. The number of imidazole rings is 1. The Hall–Kier alpha value is -2.35. The fourth-order valence-corrected chi connectivity index (χ4v) is 3.77. The molecule has 3 rings (SSSR count). The molecule has 0 N–H and O–H groups in total. The molecule has 0 radical (unpaired) electrons. The fourth-order valence-electron chi connectivity index (χ4n) is 3.77. The Morgan fingerprint density at radius 2 is 1.38 bits per heavy atom. The molecule has 0 aliphatic heterocycles. The van der Waals surface area contributed by atoms with E-state index in [1.807, 2.05) is 0 Å². The lowest BCUT2D eigenvalue weighted by Crippen LogP contribution is -2.35. The van der Waals surface area contributed by atoms with Crippen molar-refractivity contribution in [2.75, 3.05) is 0 Å². The van der Waals surface area contributed by atoms with Crippen molar-refractivity contribution in [1.29, 1.82) is 0 Å². The van der Waals surface area contributed by atoms with E-state index < -0.39 is 0 Å². The predicted molar refractivity (Wildman–Crippen MR) is 110 cm³/mol. The first-order valence-corrected chi connectivity index (χ1v) is 9.60. The molecular weight excluding hydrogens is 316 g/mol. The summed E-state index contributed by atoms with van der Waals surface area (Å²) in [7, 11) is 2.17. The molecule has 0 aliphatic rings. The normalized spacial score (nSPS) is 11.6. The predicted octanol–water partition coefficient (Wildman–Crippen LogP) is 5.83. The summed E-state index contributed by atoms with van der Waals surface area (Å²) in [6.07, 6.45) is 2.31. The molecule has 26 heavy (non-hydrogen) atoms. The van der Waals surface area contributed by atoms with E-state index in [9.17, 15) is 0 Å². The van der Waals surface area contributed by atoms with Crippen LogP contribution in [0.3, 0.4) is 0 Å². The van der Waals surface area contributed by atoms with Crippen LogP contribution in [0.15, 0.2) is 48.7 Å². The molecule has 136 valence electrons. The van der Waals surface area contributed by atoms with Crippen LogP contribution in [-0.4, -0.2) is 4.57 Å². The van der Waals surface area contributed by atoms with Crippen molar-refractivity contribution in [3.05, 3.63) is 71.2 Å². The summed E-state index contributed by atoms with van der Waals surface area (Å²) >= 11 is 0. The minimum absolute atomic E-state index is 0.484. The monoisotopic (exact) mass is 347 g/mol. The van der Waals surface area contributed by atoms with Crippen molar-refractivity contribution in [3.8, 4) is 16.9 Å². The van der Waals surface area contributed by atoms with Crippen molar-refractivity contribution in [1.82, 2.24) is 4.57 Å². The maximum atomic E-state index is 2.40. The van der Waals surface area contributed by atoms with Gasteiger partial charge in [-0.25, -0.2) is 4.57 Å². The van der Waals surface area contributed by atoms with Crippen molar-refractivity contribution >= 4 is 0 Å². The Bertz CT molecular complexity index is 903. The van der Waals surface area contributed by atoms with Crippen LogP contribution in [-0.2, 0) is 7.05 Å². The van der Waals surface area contributed by atoms with Crippen LogP contribution in [0, 0.1) is 13.8 Å². The van der Waals surface area contributed by atoms with E-state index in [0.29, 0.717) is 11.8 Å². The first kappa shape index (κ1) is 18.4. The Morgan fingerprint density at radius 3 is 1.92 bits per heavy atom. The molecule has 1 aromatic heterocycles. The zero-order valence-electron chi connectivity index (χ0n) is 17.2.